The first-order valence-corrected chi connectivity index (χ1v) is 3.51. The van der Waals surface area contributed by atoms with Crippen LogP contribution in [0.15, 0.2) is 23.4 Å². The van der Waals surface area contributed by atoms with Gasteiger partial charge < -0.3 is 5.43 Å². The van der Waals surface area contributed by atoms with Crippen LogP contribution in [0.25, 0.3) is 0 Å². The van der Waals surface area contributed by atoms with Gasteiger partial charge in [-0.2, -0.15) is 5.53 Å². The molecule has 0 aromatic heterocycles. The summed E-state index contributed by atoms with van der Waals surface area (Å²) in [6.45, 7) is 2.11. The van der Waals surface area contributed by atoms with E-state index in [9.17, 15) is 0 Å². The zero-order chi connectivity index (χ0) is 6.97. The molecule has 54 valence electrons. The van der Waals surface area contributed by atoms with Crippen molar-refractivity contribution < 1.29 is 0 Å². The lowest BCUT2D eigenvalue weighted by atomic mass is 10.0. The average molecular weight is 137 g/mol. The Morgan fingerprint density at radius 2 is 2.50 bits per heavy atom. The summed E-state index contributed by atoms with van der Waals surface area (Å²) in [6, 6.07) is 0.462. The van der Waals surface area contributed by atoms with E-state index in [-0.39, 0.29) is 0 Å². The zero-order valence-corrected chi connectivity index (χ0v) is 5.94. The topological polar surface area (TPSA) is 36.1 Å². The molecule has 0 bridgehead atoms. The van der Waals surface area contributed by atoms with E-state index >= 15 is 0 Å². The molecule has 1 aliphatic carbocycles. The van der Waals surface area contributed by atoms with Gasteiger partial charge in [-0.1, -0.05) is 11.6 Å². The van der Waals surface area contributed by atoms with Gasteiger partial charge in [-0.25, -0.2) is 5.43 Å². The van der Waals surface area contributed by atoms with Gasteiger partial charge in [-0.05, 0) is 19.4 Å². The van der Waals surface area contributed by atoms with E-state index in [1.807, 2.05) is 0 Å². The standard InChI is InChI=1S/C7H11N3/c1-5-2-3-6-7(4-5)9-10-8-6/h2,4,6,8-10H,3H2,1H3. The van der Waals surface area contributed by atoms with Gasteiger partial charge in [0.2, 0.25) is 0 Å². The highest BCUT2D eigenvalue weighted by Gasteiger charge is 2.20. The molecule has 1 fully saturated rings. The summed E-state index contributed by atoms with van der Waals surface area (Å²) in [4.78, 5) is 0. The van der Waals surface area contributed by atoms with Gasteiger partial charge in [0.1, 0.15) is 0 Å². The summed E-state index contributed by atoms with van der Waals surface area (Å²) in [7, 11) is 0. The molecule has 10 heavy (non-hydrogen) atoms. The Kier molecular flexibility index (Phi) is 1.25. The van der Waals surface area contributed by atoms with E-state index in [2.05, 4.69) is 35.5 Å². The minimum absolute atomic E-state index is 0.462. The van der Waals surface area contributed by atoms with E-state index in [1.54, 1.807) is 0 Å². The Hall–Kier alpha value is -0.800. The van der Waals surface area contributed by atoms with Gasteiger partial charge in [0, 0.05) is 5.70 Å². The Balaban J connectivity index is 2.24. The van der Waals surface area contributed by atoms with E-state index in [1.165, 1.54) is 11.3 Å². The molecule has 0 aromatic rings. The molecule has 1 atom stereocenters. The summed E-state index contributed by atoms with van der Waals surface area (Å²) in [5.41, 5.74) is 11.6. The molecule has 1 unspecified atom stereocenters. The zero-order valence-electron chi connectivity index (χ0n) is 5.94. The first-order chi connectivity index (χ1) is 4.86. The number of nitrogens with one attached hydrogen (secondary N) is 3. The summed E-state index contributed by atoms with van der Waals surface area (Å²) >= 11 is 0. The molecule has 2 aliphatic rings. The third kappa shape index (κ3) is 0.836. The largest absolute Gasteiger partial charge is 0.311 e. The molecule has 1 saturated heterocycles. The third-order valence-electron chi connectivity index (χ3n) is 1.89. The molecular weight excluding hydrogens is 126 g/mol. The lowest BCUT2D eigenvalue weighted by Crippen LogP contribution is -2.33. The van der Waals surface area contributed by atoms with Gasteiger partial charge in [0.25, 0.3) is 0 Å². The molecule has 0 amide bonds. The molecular formula is C7H11N3. The van der Waals surface area contributed by atoms with E-state index in [0.717, 1.165) is 6.42 Å². The fraction of sp³-hybridized carbons (Fsp3) is 0.429. The van der Waals surface area contributed by atoms with Crippen LogP contribution in [0.1, 0.15) is 13.3 Å². The molecule has 3 N–H and O–H groups in total. The second-order valence-corrected chi connectivity index (χ2v) is 2.73. The van der Waals surface area contributed by atoms with Gasteiger partial charge in [-0.3, -0.25) is 0 Å². The highest BCUT2D eigenvalue weighted by atomic mass is 15.6. The highest BCUT2D eigenvalue weighted by Crippen LogP contribution is 2.16. The molecule has 2 rings (SSSR count). The van der Waals surface area contributed by atoms with Crippen molar-refractivity contribution in [2.45, 2.75) is 19.4 Å². The van der Waals surface area contributed by atoms with Crippen molar-refractivity contribution in [2.24, 2.45) is 0 Å². The highest BCUT2D eigenvalue weighted by molar-refractivity contribution is 5.30. The third-order valence-corrected chi connectivity index (χ3v) is 1.89. The van der Waals surface area contributed by atoms with Crippen LogP contribution in [-0.4, -0.2) is 6.04 Å². The second kappa shape index (κ2) is 2.11. The van der Waals surface area contributed by atoms with Crippen molar-refractivity contribution in [2.75, 3.05) is 0 Å². The smallest absolute Gasteiger partial charge is 0.0675 e. The first-order valence-electron chi connectivity index (χ1n) is 3.51. The molecule has 3 heteroatoms. The normalized spacial score (nSPS) is 30.3. The van der Waals surface area contributed by atoms with Gasteiger partial charge in [-0.15, -0.1) is 0 Å². The summed E-state index contributed by atoms with van der Waals surface area (Å²) in [5, 5.41) is 0. The van der Waals surface area contributed by atoms with Crippen molar-refractivity contribution in [3.63, 3.8) is 0 Å². The minimum atomic E-state index is 0.462. The number of allylic oxidation sites excluding steroid dienone is 2. The minimum Gasteiger partial charge on any atom is -0.311 e. The maximum Gasteiger partial charge on any atom is 0.0675 e. The predicted octanol–water partition coefficient (Wildman–Crippen LogP) is 0.201. The van der Waals surface area contributed by atoms with Crippen LogP contribution in [0.4, 0.5) is 0 Å². The summed E-state index contributed by atoms with van der Waals surface area (Å²) in [5.74, 6) is 0. The van der Waals surface area contributed by atoms with Crippen LogP contribution >= 0.6 is 0 Å². The number of hydrogen-bond donors (Lipinski definition) is 3. The maximum absolute atomic E-state index is 3.11. The molecule has 0 saturated carbocycles. The van der Waals surface area contributed by atoms with Crippen LogP contribution in [0.3, 0.4) is 0 Å². The lowest BCUT2D eigenvalue weighted by molar-refractivity contribution is 0.545. The fourth-order valence-corrected chi connectivity index (χ4v) is 1.29. The van der Waals surface area contributed by atoms with Crippen LogP contribution in [-0.2, 0) is 0 Å². The SMILES string of the molecule is CC1=CCC2NNNC2=C1. The number of rotatable bonds is 0. The number of hydrogen-bond acceptors (Lipinski definition) is 3. The second-order valence-electron chi connectivity index (χ2n) is 2.73. The first kappa shape index (κ1) is 5.95. The molecule has 3 nitrogen and oxygen atoms in total. The summed E-state index contributed by atoms with van der Waals surface area (Å²) in [6.07, 6.45) is 5.47. The molecule has 1 aliphatic heterocycles. The quantitative estimate of drug-likeness (QED) is 0.446. The Labute approximate surface area is 60.1 Å². The van der Waals surface area contributed by atoms with Crippen molar-refractivity contribution in [1.82, 2.24) is 16.4 Å². The van der Waals surface area contributed by atoms with E-state index in [4.69, 9.17) is 0 Å². The molecule has 0 spiro atoms. The van der Waals surface area contributed by atoms with Crippen molar-refractivity contribution in [3.05, 3.63) is 23.4 Å². The molecule has 0 aromatic carbocycles. The fourth-order valence-electron chi connectivity index (χ4n) is 1.29. The Morgan fingerprint density at radius 1 is 1.60 bits per heavy atom. The number of hydrazine groups is 2. The van der Waals surface area contributed by atoms with Crippen LogP contribution in [0.5, 0.6) is 0 Å². The molecule has 0 radical (unpaired) electrons. The van der Waals surface area contributed by atoms with Crippen molar-refractivity contribution in [1.29, 1.82) is 0 Å². The maximum atomic E-state index is 3.11. The predicted molar refractivity (Wildman–Crippen MR) is 39.7 cm³/mol. The average Bonchev–Trinajstić information content (AvgIpc) is 2.33. The Bertz CT molecular complexity index is 205. The lowest BCUT2D eigenvalue weighted by Gasteiger charge is -2.12. The van der Waals surface area contributed by atoms with E-state index < -0.39 is 0 Å². The summed E-state index contributed by atoms with van der Waals surface area (Å²) < 4.78 is 0. The molecule has 1 heterocycles. The number of fused-ring (bicyclic) bond motifs is 1. The van der Waals surface area contributed by atoms with E-state index in [0.29, 0.717) is 6.04 Å². The van der Waals surface area contributed by atoms with Gasteiger partial charge in [0.05, 0.1) is 6.04 Å². The van der Waals surface area contributed by atoms with Crippen LogP contribution in [0.2, 0.25) is 0 Å². The van der Waals surface area contributed by atoms with Crippen LogP contribution in [0, 0.1) is 0 Å². The Morgan fingerprint density at radius 3 is 3.40 bits per heavy atom. The van der Waals surface area contributed by atoms with Gasteiger partial charge >= 0.3 is 0 Å². The van der Waals surface area contributed by atoms with Crippen LogP contribution < -0.4 is 16.4 Å². The van der Waals surface area contributed by atoms with Gasteiger partial charge in [0.15, 0.2) is 0 Å². The monoisotopic (exact) mass is 137 g/mol. The van der Waals surface area contributed by atoms with Crippen molar-refractivity contribution >= 4 is 0 Å². The van der Waals surface area contributed by atoms with Crippen molar-refractivity contribution in [3.8, 4) is 0 Å².